The summed E-state index contributed by atoms with van der Waals surface area (Å²) in [5, 5.41) is 0. The van der Waals surface area contributed by atoms with Crippen LogP contribution in [0.4, 0.5) is 0 Å². The average Bonchev–Trinajstić information content (AvgIpc) is 2.87. The standard InChI is InChI=1S/C33H69NO2/c1-5-7-9-11-13-15-17-19-21-23-25-27-29-35-32(31-34)33(3,4)36-30-28-26-24-22-20-18-16-14-12-10-8-6-2/h32H,5-31,34H2,1-4H3/t32-/m0/s1. The van der Waals surface area contributed by atoms with Crippen LogP contribution in [0.1, 0.15) is 182 Å². The molecule has 0 unspecified atom stereocenters. The fourth-order valence-corrected chi connectivity index (χ4v) is 5.09. The van der Waals surface area contributed by atoms with Crippen LogP contribution in [0.25, 0.3) is 0 Å². The normalized spacial score (nSPS) is 12.9. The van der Waals surface area contributed by atoms with Gasteiger partial charge in [-0.25, -0.2) is 0 Å². The molecular weight excluding hydrogens is 442 g/mol. The first-order chi connectivity index (χ1) is 17.6. The van der Waals surface area contributed by atoms with Crippen LogP contribution in [0.5, 0.6) is 0 Å². The van der Waals surface area contributed by atoms with Gasteiger partial charge < -0.3 is 15.2 Å². The lowest BCUT2D eigenvalue weighted by Crippen LogP contribution is -2.46. The summed E-state index contributed by atoms with van der Waals surface area (Å²) in [4.78, 5) is 0. The highest BCUT2D eigenvalue weighted by atomic mass is 16.5. The average molecular weight is 512 g/mol. The smallest absolute Gasteiger partial charge is 0.0980 e. The van der Waals surface area contributed by atoms with Gasteiger partial charge in [0, 0.05) is 19.8 Å². The van der Waals surface area contributed by atoms with Crippen molar-refractivity contribution in [3.8, 4) is 0 Å². The first-order valence-corrected chi connectivity index (χ1v) is 16.5. The maximum atomic E-state index is 6.23. The molecule has 0 amide bonds. The minimum Gasteiger partial charge on any atom is -0.374 e. The quantitative estimate of drug-likeness (QED) is 0.0975. The maximum Gasteiger partial charge on any atom is 0.0980 e. The predicted octanol–water partition coefficient (Wildman–Crippen LogP) is 10.5. The Hall–Kier alpha value is -0.120. The first-order valence-electron chi connectivity index (χ1n) is 16.5. The van der Waals surface area contributed by atoms with Gasteiger partial charge in [0.15, 0.2) is 0 Å². The van der Waals surface area contributed by atoms with Gasteiger partial charge >= 0.3 is 0 Å². The lowest BCUT2D eigenvalue weighted by atomic mass is 10.0. The zero-order valence-electron chi connectivity index (χ0n) is 25.6. The SMILES string of the molecule is CCCCCCCCCCCCCCO[C@@H](CN)C(C)(C)OCCCCCCCCCCCCCC. The molecule has 0 bridgehead atoms. The van der Waals surface area contributed by atoms with Crippen molar-refractivity contribution in [3.05, 3.63) is 0 Å². The van der Waals surface area contributed by atoms with Gasteiger partial charge in [-0.05, 0) is 26.7 Å². The minimum atomic E-state index is -0.302. The fourth-order valence-electron chi connectivity index (χ4n) is 5.09. The summed E-state index contributed by atoms with van der Waals surface area (Å²) in [5.41, 5.74) is 5.74. The van der Waals surface area contributed by atoms with Crippen molar-refractivity contribution in [2.24, 2.45) is 5.73 Å². The molecule has 0 saturated carbocycles. The second-order valence-corrected chi connectivity index (χ2v) is 11.8. The van der Waals surface area contributed by atoms with E-state index in [2.05, 4.69) is 27.7 Å². The second kappa shape index (κ2) is 27.9. The largest absolute Gasteiger partial charge is 0.374 e. The molecule has 0 aliphatic carbocycles. The Bertz CT molecular complexity index is 412. The number of rotatable bonds is 30. The molecule has 0 heterocycles. The van der Waals surface area contributed by atoms with Crippen molar-refractivity contribution in [3.63, 3.8) is 0 Å². The van der Waals surface area contributed by atoms with E-state index in [1.807, 2.05) is 0 Å². The number of hydrogen-bond acceptors (Lipinski definition) is 3. The number of hydrogen-bond donors (Lipinski definition) is 1. The molecule has 3 heteroatoms. The van der Waals surface area contributed by atoms with Crippen LogP contribution in [0.15, 0.2) is 0 Å². The molecule has 36 heavy (non-hydrogen) atoms. The molecule has 0 aromatic carbocycles. The van der Waals surface area contributed by atoms with Crippen molar-refractivity contribution in [2.45, 2.75) is 193 Å². The summed E-state index contributed by atoms with van der Waals surface area (Å²) < 4.78 is 12.4. The van der Waals surface area contributed by atoms with Gasteiger partial charge in [-0.2, -0.15) is 0 Å². The van der Waals surface area contributed by atoms with Gasteiger partial charge in [0.05, 0.1) is 11.7 Å². The van der Waals surface area contributed by atoms with Gasteiger partial charge in [-0.1, -0.05) is 155 Å². The monoisotopic (exact) mass is 512 g/mol. The van der Waals surface area contributed by atoms with E-state index >= 15 is 0 Å². The van der Waals surface area contributed by atoms with Crippen molar-refractivity contribution in [2.75, 3.05) is 19.8 Å². The highest BCUT2D eigenvalue weighted by Gasteiger charge is 2.30. The van der Waals surface area contributed by atoms with Crippen LogP contribution < -0.4 is 5.73 Å². The van der Waals surface area contributed by atoms with E-state index in [0.717, 1.165) is 26.1 Å². The Balaban J connectivity index is 3.57. The molecule has 0 saturated heterocycles. The zero-order chi connectivity index (χ0) is 26.6. The fraction of sp³-hybridized carbons (Fsp3) is 1.00. The minimum absolute atomic E-state index is 0.0115. The molecule has 0 aromatic rings. The predicted molar refractivity (Wildman–Crippen MR) is 161 cm³/mol. The van der Waals surface area contributed by atoms with Gasteiger partial charge in [0.1, 0.15) is 0 Å². The van der Waals surface area contributed by atoms with E-state index in [9.17, 15) is 0 Å². The molecule has 0 aliphatic heterocycles. The Morgan fingerprint density at radius 1 is 0.472 bits per heavy atom. The highest BCUT2D eigenvalue weighted by molar-refractivity contribution is 4.81. The van der Waals surface area contributed by atoms with Crippen LogP contribution in [-0.4, -0.2) is 31.5 Å². The van der Waals surface area contributed by atoms with Gasteiger partial charge in [-0.3, -0.25) is 0 Å². The van der Waals surface area contributed by atoms with E-state index in [-0.39, 0.29) is 11.7 Å². The lowest BCUT2D eigenvalue weighted by Gasteiger charge is -2.33. The third kappa shape index (κ3) is 24.2. The van der Waals surface area contributed by atoms with Crippen molar-refractivity contribution < 1.29 is 9.47 Å². The van der Waals surface area contributed by atoms with E-state index in [0.29, 0.717) is 6.54 Å². The van der Waals surface area contributed by atoms with Gasteiger partial charge in [0.2, 0.25) is 0 Å². The van der Waals surface area contributed by atoms with Gasteiger partial charge in [-0.15, -0.1) is 0 Å². The van der Waals surface area contributed by atoms with E-state index in [1.54, 1.807) is 0 Å². The Morgan fingerprint density at radius 2 is 0.778 bits per heavy atom. The molecule has 0 rings (SSSR count). The van der Waals surface area contributed by atoms with Crippen LogP contribution in [0.3, 0.4) is 0 Å². The van der Waals surface area contributed by atoms with Crippen LogP contribution in [-0.2, 0) is 9.47 Å². The Labute approximate surface area is 228 Å². The van der Waals surface area contributed by atoms with E-state index in [1.165, 1.54) is 141 Å². The van der Waals surface area contributed by atoms with E-state index < -0.39 is 0 Å². The summed E-state index contributed by atoms with van der Waals surface area (Å²) in [6.07, 6.45) is 32.9. The second-order valence-electron chi connectivity index (χ2n) is 11.8. The van der Waals surface area contributed by atoms with Crippen molar-refractivity contribution in [1.29, 1.82) is 0 Å². The summed E-state index contributed by atoms with van der Waals surface area (Å²) in [6.45, 7) is 11.0. The van der Waals surface area contributed by atoms with Crippen LogP contribution in [0.2, 0.25) is 0 Å². The molecule has 0 spiro atoms. The molecule has 0 aromatic heterocycles. The van der Waals surface area contributed by atoms with E-state index in [4.69, 9.17) is 15.2 Å². The first kappa shape index (κ1) is 35.9. The maximum absolute atomic E-state index is 6.23. The van der Waals surface area contributed by atoms with Crippen LogP contribution in [0, 0.1) is 0 Å². The molecule has 3 nitrogen and oxygen atoms in total. The topological polar surface area (TPSA) is 44.5 Å². The third-order valence-electron chi connectivity index (χ3n) is 7.78. The molecule has 1 atom stereocenters. The summed E-state index contributed by atoms with van der Waals surface area (Å²) >= 11 is 0. The number of nitrogens with two attached hydrogens (primary N) is 1. The third-order valence-corrected chi connectivity index (χ3v) is 7.78. The lowest BCUT2D eigenvalue weighted by molar-refractivity contribution is -0.124. The van der Waals surface area contributed by atoms with Crippen molar-refractivity contribution >= 4 is 0 Å². The summed E-state index contributed by atoms with van der Waals surface area (Å²) in [6, 6.07) is 0. The highest BCUT2D eigenvalue weighted by Crippen LogP contribution is 2.20. The summed E-state index contributed by atoms with van der Waals surface area (Å²) in [5.74, 6) is 0. The molecule has 0 fully saturated rings. The Kier molecular flexibility index (Phi) is 27.8. The number of unbranched alkanes of at least 4 members (excludes halogenated alkanes) is 22. The number of ether oxygens (including phenoxy) is 2. The molecule has 0 aliphatic rings. The van der Waals surface area contributed by atoms with Gasteiger partial charge in [0.25, 0.3) is 0 Å². The summed E-state index contributed by atoms with van der Waals surface area (Å²) in [7, 11) is 0. The molecular formula is C33H69NO2. The zero-order valence-corrected chi connectivity index (χ0v) is 25.6. The Morgan fingerprint density at radius 3 is 1.11 bits per heavy atom. The molecule has 218 valence electrons. The molecule has 2 N–H and O–H groups in total. The van der Waals surface area contributed by atoms with Crippen molar-refractivity contribution in [1.82, 2.24) is 0 Å². The molecule has 0 radical (unpaired) electrons. The van der Waals surface area contributed by atoms with Crippen LogP contribution >= 0.6 is 0 Å².